The van der Waals surface area contributed by atoms with Crippen molar-refractivity contribution in [2.75, 3.05) is 6.54 Å². The van der Waals surface area contributed by atoms with E-state index < -0.39 is 10.0 Å². The SMILES string of the molecule is CCCN(C(C)C)S(=O)(=O)c1cccnc1Cl. The minimum Gasteiger partial charge on any atom is -0.243 e. The lowest BCUT2D eigenvalue weighted by Gasteiger charge is -2.25. The molecule has 0 aliphatic carbocycles. The molecule has 1 heterocycles. The number of aromatic nitrogens is 1. The summed E-state index contributed by atoms with van der Waals surface area (Å²) < 4.78 is 26.2. The largest absolute Gasteiger partial charge is 0.246 e. The first kappa shape index (κ1) is 14.4. The van der Waals surface area contributed by atoms with Gasteiger partial charge in [-0.2, -0.15) is 4.31 Å². The zero-order valence-corrected chi connectivity index (χ0v) is 11.8. The third kappa shape index (κ3) is 3.18. The van der Waals surface area contributed by atoms with Gasteiger partial charge in [-0.25, -0.2) is 13.4 Å². The van der Waals surface area contributed by atoms with Crippen LogP contribution >= 0.6 is 11.6 Å². The van der Waals surface area contributed by atoms with Gasteiger partial charge in [0.05, 0.1) is 0 Å². The van der Waals surface area contributed by atoms with E-state index >= 15 is 0 Å². The molecule has 0 N–H and O–H groups in total. The molecule has 0 unspecified atom stereocenters. The van der Waals surface area contributed by atoms with Gasteiger partial charge in [-0.3, -0.25) is 0 Å². The molecule has 0 bridgehead atoms. The Hall–Kier alpha value is -0.650. The Morgan fingerprint density at radius 1 is 1.47 bits per heavy atom. The summed E-state index contributed by atoms with van der Waals surface area (Å²) in [6.45, 7) is 6.11. The lowest BCUT2D eigenvalue weighted by atomic mass is 10.4. The van der Waals surface area contributed by atoms with E-state index in [9.17, 15) is 8.42 Å². The summed E-state index contributed by atoms with van der Waals surface area (Å²) in [7, 11) is -3.55. The number of hydrogen-bond acceptors (Lipinski definition) is 3. The standard InChI is InChI=1S/C11H17ClN2O2S/c1-4-8-14(9(2)3)17(15,16)10-6-5-7-13-11(10)12/h5-7,9H,4,8H2,1-3H3. The van der Waals surface area contributed by atoms with Crippen LogP contribution in [0, 0.1) is 0 Å². The fraction of sp³-hybridized carbons (Fsp3) is 0.545. The summed E-state index contributed by atoms with van der Waals surface area (Å²) in [5.41, 5.74) is 0. The molecule has 6 heteroatoms. The van der Waals surface area contributed by atoms with E-state index in [1.807, 2.05) is 20.8 Å². The maximum Gasteiger partial charge on any atom is 0.246 e. The summed E-state index contributed by atoms with van der Waals surface area (Å²) in [4.78, 5) is 3.88. The molecule has 17 heavy (non-hydrogen) atoms. The Kier molecular flexibility index (Phi) is 4.91. The molecule has 96 valence electrons. The van der Waals surface area contributed by atoms with Crippen molar-refractivity contribution in [1.82, 2.24) is 9.29 Å². The van der Waals surface area contributed by atoms with E-state index in [1.165, 1.54) is 16.6 Å². The van der Waals surface area contributed by atoms with Crippen LogP contribution in [0.1, 0.15) is 27.2 Å². The highest BCUT2D eigenvalue weighted by Gasteiger charge is 2.28. The minimum atomic E-state index is -3.55. The van der Waals surface area contributed by atoms with Crippen LogP contribution in [0.15, 0.2) is 23.2 Å². The van der Waals surface area contributed by atoms with E-state index in [4.69, 9.17) is 11.6 Å². The van der Waals surface area contributed by atoms with Crippen LogP contribution in [-0.2, 0) is 10.0 Å². The molecule has 0 amide bonds. The number of rotatable bonds is 5. The molecule has 0 aliphatic rings. The predicted octanol–water partition coefficient (Wildman–Crippen LogP) is 2.54. The van der Waals surface area contributed by atoms with Crippen LogP contribution in [-0.4, -0.2) is 30.3 Å². The van der Waals surface area contributed by atoms with Crippen LogP contribution in [0.2, 0.25) is 5.15 Å². The van der Waals surface area contributed by atoms with Gasteiger partial charge >= 0.3 is 0 Å². The molecular formula is C11H17ClN2O2S. The highest BCUT2D eigenvalue weighted by Crippen LogP contribution is 2.23. The average molecular weight is 277 g/mol. The van der Waals surface area contributed by atoms with Crippen LogP contribution in [0.3, 0.4) is 0 Å². The van der Waals surface area contributed by atoms with E-state index in [0.717, 1.165) is 6.42 Å². The van der Waals surface area contributed by atoms with Gasteiger partial charge in [0.25, 0.3) is 0 Å². The summed E-state index contributed by atoms with van der Waals surface area (Å²) in [6, 6.07) is 2.95. The lowest BCUT2D eigenvalue weighted by molar-refractivity contribution is 0.354. The van der Waals surface area contributed by atoms with Crippen molar-refractivity contribution in [2.24, 2.45) is 0 Å². The Labute approximate surface area is 108 Å². The van der Waals surface area contributed by atoms with Gasteiger partial charge in [0, 0.05) is 18.8 Å². The van der Waals surface area contributed by atoms with Crippen molar-refractivity contribution in [1.29, 1.82) is 0 Å². The Balaban J connectivity index is 3.22. The zero-order valence-electron chi connectivity index (χ0n) is 10.2. The van der Waals surface area contributed by atoms with Crippen molar-refractivity contribution in [3.05, 3.63) is 23.5 Å². The normalized spacial score (nSPS) is 12.4. The number of halogens is 1. The number of pyridine rings is 1. The van der Waals surface area contributed by atoms with Gasteiger partial charge in [-0.15, -0.1) is 0 Å². The van der Waals surface area contributed by atoms with Gasteiger partial charge in [0.2, 0.25) is 10.0 Å². The molecular weight excluding hydrogens is 260 g/mol. The molecule has 0 aliphatic heterocycles. The highest BCUT2D eigenvalue weighted by atomic mass is 35.5. The first-order valence-corrected chi connectivity index (χ1v) is 7.35. The highest BCUT2D eigenvalue weighted by molar-refractivity contribution is 7.89. The summed E-state index contributed by atoms with van der Waals surface area (Å²) >= 11 is 5.84. The summed E-state index contributed by atoms with van der Waals surface area (Å²) in [6.07, 6.45) is 2.23. The van der Waals surface area contributed by atoms with Crippen LogP contribution < -0.4 is 0 Å². The molecule has 4 nitrogen and oxygen atoms in total. The minimum absolute atomic E-state index is 0.0225. The van der Waals surface area contributed by atoms with Gasteiger partial charge in [0.15, 0.2) is 0 Å². The Bertz CT molecular complexity index is 474. The van der Waals surface area contributed by atoms with Crippen molar-refractivity contribution in [3.63, 3.8) is 0 Å². The van der Waals surface area contributed by atoms with Gasteiger partial charge in [-0.1, -0.05) is 18.5 Å². The molecule has 1 aromatic heterocycles. The fourth-order valence-corrected chi connectivity index (χ4v) is 3.72. The topological polar surface area (TPSA) is 50.3 Å². The van der Waals surface area contributed by atoms with E-state index in [-0.39, 0.29) is 16.1 Å². The Morgan fingerprint density at radius 2 is 2.12 bits per heavy atom. The van der Waals surface area contributed by atoms with Crippen LogP contribution in [0.25, 0.3) is 0 Å². The quantitative estimate of drug-likeness (QED) is 0.777. The maximum absolute atomic E-state index is 12.4. The predicted molar refractivity (Wildman–Crippen MR) is 68.6 cm³/mol. The third-order valence-electron chi connectivity index (χ3n) is 2.33. The van der Waals surface area contributed by atoms with Crippen molar-refractivity contribution in [3.8, 4) is 0 Å². The van der Waals surface area contributed by atoms with E-state index in [0.29, 0.717) is 6.54 Å². The molecule has 1 aromatic rings. The molecule has 0 radical (unpaired) electrons. The second-order valence-corrected chi connectivity index (χ2v) is 6.22. The second-order valence-electron chi connectivity index (χ2n) is 4.00. The molecule has 0 aromatic carbocycles. The van der Waals surface area contributed by atoms with Gasteiger partial charge in [0.1, 0.15) is 10.0 Å². The van der Waals surface area contributed by atoms with E-state index in [1.54, 1.807) is 6.07 Å². The van der Waals surface area contributed by atoms with Crippen LogP contribution in [0.5, 0.6) is 0 Å². The van der Waals surface area contributed by atoms with Crippen molar-refractivity contribution in [2.45, 2.75) is 38.1 Å². The second kappa shape index (κ2) is 5.80. The maximum atomic E-state index is 12.4. The van der Waals surface area contributed by atoms with Crippen molar-refractivity contribution >= 4 is 21.6 Å². The van der Waals surface area contributed by atoms with Gasteiger partial charge < -0.3 is 0 Å². The zero-order chi connectivity index (χ0) is 13.1. The molecule has 0 spiro atoms. The number of hydrogen-bond donors (Lipinski definition) is 0. The molecule has 0 saturated carbocycles. The molecule has 0 saturated heterocycles. The molecule has 1 rings (SSSR count). The van der Waals surface area contributed by atoms with Gasteiger partial charge in [-0.05, 0) is 32.4 Å². The first-order valence-electron chi connectivity index (χ1n) is 5.53. The fourth-order valence-electron chi connectivity index (χ4n) is 1.57. The van der Waals surface area contributed by atoms with E-state index in [2.05, 4.69) is 4.98 Å². The first-order chi connectivity index (χ1) is 7.91. The molecule has 0 fully saturated rings. The monoisotopic (exact) mass is 276 g/mol. The number of sulfonamides is 1. The Morgan fingerprint density at radius 3 is 2.59 bits per heavy atom. The summed E-state index contributed by atoms with van der Waals surface area (Å²) in [5, 5.41) is 0.0225. The lowest BCUT2D eigenvalue weighted by Crippen LogP contribution is -2.37. The third-order valence-corrected chi connectivity index (χ3v) is 4.85. The van der Waals surface area contributed by atoms with Crippen molar-refractivity contribution < 1.29 is 8.42 Å². The molecule has 0 atom stereocenters. The average Bonchev–Trinajstić information content (AvgIpc) is 2.25. The summed E-state index contributed by atoms with van der Waals surface area (Å²) in [5.74, 6) is 0. The smallest absolute Gasteiger partial charge is 0.243 e. The van der Waals surface area contributed by atoms with Crippen LogP contribution in [0.4, 0.5) is 0 Å². The number of nitrogens with zero attached hydrogens (tertiary/aromatic N) is 2.